The average Bonchev–Trinajstić information content (AvgIpc) is 2.32. The van der Waals surface area contributed by atoms with Crippen LogP contribution in [0.5, 0.6) is 0 Å². The Morgan fingerprint density at radius 3 is 2.41 bits per heavy atom. The van der Waals surface area contributed by atoms with Crippen molar-refractivity contribution in [2.75, 3.05) is 18.0 Å². The van der Waals surface area contributed by atoms with Crippen LogP contribution in [0.15, 0.2) is 18.2 Å². The van der Waals surface area contributed by atoms with Crippen LogP contribution in [-0.4, -0.2) is 13.1 Å². The number of anilines is 1. The van der Waals surface area contributed by atoms with Gasteiger partial charge in [0.2, 0.25) is 0 Å². The number of hydrogen-bond acceptors (Lipinski definition) is 1. The van der Waals surface area contributed by atoms with Gasteiger partial charge in [-0.1, -0.05) is 13.8 Å². The standard InChI is InChI=1S/C14H19F2N/c1-10(2)11-5-7-17(8-6-11)14-9-12(15)3-4-13(14)16/h3-4,9-11H,5-8H2,1-2H3. The molecule has 1 saturated heterocycles. The molecule has 0 aromatic heterocycles. The van der Waals surface area contributed by atoms with Crippen LogP contribution < -0.4 is 4.90 Å². The molecule has 1 heterocycles. The second kappa shape index (κ2) is 5.03. The lowest BCUT2D eigenvalue weighted by molar-refractivity contribution is 0.310. The van der Waals surface area contributed by atoms with E-state index >= 15 is 0 Å². The van der Waals surface area contributed by atoms with E-state index in [1.807, 2.05) is 4.90 Å². The summed E-state index contributed by atoms with van der Waals surface area (Å²) in [6.45, 7) is 6.10. The van der Waals surface area contributed by atoms with Crippen LogP contribution in [-0.2, 0) is 0 Å². The van der Waals surface area contributed by atoms with E-state index in [9.17, 15) is 8.78 Å². The highest BCUT2D eigenvalue weighted by atomic mass is 19.1. The zero-order valence-corrected chi connectivity index (χ0v) is 10.4. The molecule has 1 fully saturated rings. The summed E-state index contributed by atoms with van der Waals surface area (Å²) in [5.74, 6) is 0.694. The molecule has 0 amide bonds. The summed E-state index contributed by atoms with van der Waals surface area (Å²) in [6.07, 6.45) is 2.13. The molecule has 0 radical (unpaired) electrons. The minimum Gasteiger partial charge on any atom is -0.369 e. The number of rotatable bonds is 2. The van der Waals surface area contributed by atoms with E-state index in [1.165, 1.54) is 18.2 Å². The van der Waals surface area contributed by atoms with Crippen molar-refractivity contribution in [1.29, 1.82) is 0 Å². The van der Waals surface area contributed by atoms with Gasteiger partial charge in [-0.15, -0.1) is 0 Å². The molecular formula is C14H19F2N. The Balaban J connectivity index is 2.07. The Hall–Kier alpha value is -1.12. The number of benzene rings is 1. The summed E-state index contributed by atoms with van der Waals surface area (Å²) >= 11 is 0. The SMILES string of the molecule is CC(C)C1CCN(c2cc(F)ccc2F)CC1. The molecule has 2 rings (SSSR count). The second-order valence-corrected chi connectivity index (χ2v) is 5.16. The molecule has 1 aliphatic rings. The fourth-order valence-corrected chi connectivity index (χ4v) is 2.54. The van der Waals surface area contributed by atoms with Gasteiger partial charge in [0, 0.05) is 19.2 Å². The third-order valence-electron chi connectivity index (χ3n) is 3.73. The lowest BCUT2D eigenvalue weighted by Gasteiger charge is -2.35. The molecule has 1 aromatic carbocycles. The summed E-state index contributed by atoms with van der Waals surface area (Å²) in [4.78, 5) is 1.96. The molecule has 1 aliphatic heterocycles. The van der Waals surface area contributed by atoms with E-state index in [2.05, 4.69) is 13.8 Å². The number of halogens is 2. The molecule has 3 heteroatoms. The Morgan fingerprint density at radius 1 is 1.18 bits per heavy atom. The Labute approximate surface area is 101 Å². The van der Waals surface area contributed by atoms with Crippen LogP contribution in [0.25, 0.3) is 0 Å². The molecule has 0 N–H and O–H groups in total. The zero-order valence-electron chi connectivity index (χ0n) is 10.4. The third kappa shape index (κ3) is 2.76. The predicted octanol–water partition coefficient (Wildman–Crippen LogP) is 3.84. The van der Waals surface area contributed by atoms with Crippen LogP contribution >= 0.6 is 0 Å². The van der Waals surface area contributed by atoms with Crippen LogP contribution in [0.4, 0.5) is 14.5 Å². The Kier molecular flexibility index (Phi) is 3.65. The van der Waals surface area contributed by atoms with Crippen LogP contribution in [0, 0.1) is 23.5 Å². The quantitative estimate of drug-likeness (QED) is 0.758. The molecule has 0 unspecified atom stereocenters. The normalized spacial score (nSPS) is 17.8. The fraction of sp³-hybridized carbons (Fsp3) is 0.571. The lowest BCUT2D eigenvalue weighted by atomic mass is 9.86. The van der Waals surface area contributed by atoms with Crippen LogP contribution in [0.3, 0.4) is 0 Å². The van der Waals surface area contributed by atoms with E-state index < -0.39 is 0 Å². The van der Waals surface area contributed by atoms with Crippen molar-refractivity contribution >= 4 is 5.69 Å². The van der Waals surface area contributed by atoms with E-state index in [0.29, 0.717) is 17.5 Å². The lowest BCUT2D eigenvalue weighted by Crippen LogP contribution is -2.35. The van der Waals surface area contributed by atoms with Gasteiger partial charge in [0.05, 0.1) is 5.69 Å². The van der Waals surface area contributed by atoms with Crippen molar-refractivity contribution in [3.8, 4) is 0 Å². The molecule has 0 saturated carbocycles. The first-order valence-corrected chi connectivity index (χ1v) is 6.28. The molecule has 0 aliphatic carbocycles. The predicted molar refractivity (Wildman–Crippen MR) is 66.1 cm³/mol. The summed E-state index contributed by atoms with van der Waals surface area (Å²) in [5, 5.41) is 0. The summed E-state index contributed by atoms with van der Waals surface area (Å²) in [7, 11) is 0. The molecule has 1 nitrogen and oxygen atoms in total. The Morgan fingerprint density at radius 2 is 1.82 bits per heavy atom. The summed E-state index contributed by atoms with van der Waals surface area (Å²) in [5.41, 5.74) is 0.409. The number of hydrogen-bond donors (Lipinski definition) is 0. The molecule has 17 heavy (non-hydrogen) atoms. The number of nitrogens with zero attached hydrogens (tertiary/aromatic N) is 1. The minimum absolute atomic E-state index is 0.325. The maximum Gasteiger partial charge on any atom is 0.146 e. The van der Waals surface area contributed by atoms with Crippen molar-refractivity contribution in [1.82, 2.24) is 0 Å². The van der Waals surface area contributed by atoms with Gasteiger partial charge in [0.15, 0.2) is 0 Å². The summed E-state index contributed by atoms with van der Waals surface area (Å²) in [6, 6.07) is 3.67. The highest BCUT2D eigenvalue weighted by Gasteiger charge is 2.23. The van der Waals surface area contributed by atoms with E-state index in [4.69, 9.17) is 0 Å². The maximum absolute atomic E-state index is 13.6. The first-order valence-electron chi connectivity index (χ1n) is 6.28. The molecule has 94 valence electrons. The van der Waals surface area contributed by atoms with Gasteiger partial charge < -0.3 is 4.90 Å². The second-order valence-electron chi connectivity index (χ2n) is 5.16. The van der Waals surface area contributed by atoms with Gasteiger partial charge in [0.1, 0.15) is 11.6 Å². The Bertz CT molecular complexity index is 382. The highest BCUT2D eigenvalue weighted by Crippen LogP contribution is 2.29. The first-order chi connectivity index (χ1) is 8.08. The van der Waals surface area contributed by atoms with Crippen molar-refractivity contribution < 1.29 is 8.78 Å². The highest BCUT2D eigenvalue weighted by molar-refractivity contribution is 5.48. The van der Waals surface area contributed by atoms with Crippen molar-refractivity contribution in [3.05, 3.63) is 29.8 Å². The monoisotopic (exact) mass is 239 g/mol. The van der Waals surface area contributed by atoms with Gasteiger partial charge in [0.25, 0.3) is 0 Å². The molecule has 1 aromatic rings. The summed E-state index contributed by atoms with van der Waals surface area (Å²) < 4.78 is 26.7. The fourth-order valence-electron chi connectivity index (χ4n) is 2.54. The third-order valence-corrected chi connectivity index (χ3v) is 3.73. The average molecular weight is 239 g/mol. The van der Waals surface area contributed by atoms with Crippen molar-refractivity contribution in [2.45, 2.75) is 26.7 Å². The van der Waals surface area contributed by atoms with E-state index in [0.717, 1.165) is 25.9 Å². The van der Waals surface area contributed by atoms with Gasteiger partial charge in [-0.3, -0.25) is 0 Å². The van der Waals surface area contributed by atoms with Crippen LogP contribution in [0.1, 0.15) is 26.7 Å². The van der Waals surface area contributed by atoms with Gasteiger partial charge in [-0.05, 0) is 36.8 Å². The molecule has 0 bridgehead atoms. The largest absolute Gasteiger partial charge is 0.369 e. The topological polar surface area (TPSA) is 3.24 Å². The molecular weight excluding hydrogens is 220 g/mol. The van der Waals surface area contributed by atoms with E-state index in [1.54, 1.807) is 0 Å². The van der Waals surface area contributed by atoms with Gasteiger partial charge >= 0.3 is 0 Å². The first kappa shape index (κ1) is 12.3. The van der Waals surface area contributed by atoms with Crippen molar-refractivity contribution in [3.63, 3.8) is 0 Å². The minimum atomic E-state index is -0.368. The van der Waals surface area contributed by atoms with Crippen molar-refractivity contribution in [2.24, 2.45) is 11.8 Å². The van der Waals surface area contributed by atoms with Gasteiger partial charge in [-0.2, -0.15) is 0 Å². The molecule has 0 spiro atoms. The van der Waals surface area contributed by atoms with Crippen LogP contribution in [0.2, 0.25) is 0 Å². The smallest absolute Gasteiger partial charge is 0.146 e. The zero-order chi connectivity index (χ0) is 12.4. The maximum atomic E-state index is 13.6. The van der Waals surface area contributed by atoms with E-state index in [-0.39, 0.29) is 11.6 Å². The van der Waals surface area contributed by atoms with Gasteiger partial charge in [-0.25, -0.2) is 8.78 Å². The number of piperidine rings is 1. The molecule has 0 atom stereocenters.